The van der Waals surface area contributed by atoms with Gasteiger partial charge in [0.15, 0.2) is 11.6 Å². The predicted octanol–water partition coefficient (Wildman–Crippen LogP) is 2.59. The second-order valence-corrected chi connectivity index (χ2v) is 12.3. The van der Waals surface area contributed by atoms with Crippen molar-refractivity contribution in [3.63, 3.8) is 0 Å². The third-order valence-electron chi connectivity index (χ3n) is 10.2. The molecule has 0 aromatic heterocycles. The standard InChI is InChI=1S/C27H36O8/c1-9-34-22(33)27(8)21(32)25(6)13(2)12-14-24(5)11-10-15(28)23(3,4)17(24)16(29)19(30)26(14,7)18(25)20(31)35-27/h14,17-19,30H,2,9-12H2,1,3-8H3/t14-,17+,18-,19+,24-,25+,26-,27-/m0/s1. The normalized spacial score (nSPS) is 46.8. The molecule has 4 fully saturated rings. The van der Waals surface area contributed by atoms with Crippen molar-refractivity contribution in [3.8, 4) is 0 Å². The van der Waals surface area contributed by atoms with Gasteiger partial charge in [0.1, 0.15) is 11.9 Å². The van der Waals surface area contributed by atoms with Gasteiger partial charge in [0, 0.05) is 23.2 Å². The third-order valence-corrected chi connectivity index (χ3v) is 10.2. The first-order valence-corrected chi connectivity index (χ1v) is 12.3. The second-order valence-electron chi connectivity index (χ2n) is 12.3. The highest BCUT2D eigenvalue weighted by atomic mass is 16.6. The molecule has 4 rings (SSSR count). The summed E-state index contributed by atoms with van der Waals surface area (Å²) in [4.78, 5) is 67.0. The number of allylic oxidation sites excluding steroid dienone is 1. The van der Waals surface area contributed by atoms with E-state index in [-0.39, 0.29) is 25.2 Å². The van der Waals surface area contributed by atoms with E-state index < -0.39 is 74.6 Å². The largest absolute Gasteiger partial charge is 0.463 e. The lowest BCUT2D eigenvalue weighted by atomic mass is 9.34. The molecule has 3 saturated carbocycles. The monoisotopic (exact) mass is 488 g/mol. The van der Waals surface area contributed by atoms with Gasteiger partial charge in [-0.2, -0.15) is 0 Å². The highest BCUT2D eigenvalue weighted by molar-refractivity contribution is 6.15. The average molecular weight is 489 g/mol. The number of hydrogen-bond acceptors (Lipinski definition) is 8. The summed E-state index contributed by atoms with van der Waals surface area (Å²) >= 11 is 0. The number of carbonyl (C=O) groups is 5. The summed E-state index contributed by atoms with van der Waals surface area (Å²) < 4.78 is 10.6. The van der Waals surface area contributed by atoms with E-state index in [1.807, 2.05) is 6.92 Å². The van der Waals surface area contributed by atoms with Gasteiger partial charge in [0.25, 0.3) is 5.60 Å². The summed E-state index contributed by atoms with van der Waals surface area (Å²) in [5.74, 6) is -5.36. The Morgan fingerprint density at radius 3 is 2.26 bits per heavy atom. The number of ketones is 3. The van der Waals surface area contributed by atoms with Crippen LogP contribution >= 0.6 is 0 Å². The van der Waals surface area contributed by atoms with Gasteiger partial charge < -0.3 is 14.6 Å². The van der Waals surface area contributed by atoms with Crippen LogP contribution in [0, 0.1) is 39.4 Å². The molecule has 1 aliphatic heterocycles. The summed E-state index contributed by atoms with van der Waals surface area (Å²) in [5, 5.41) is 11.6. The molecule has 3 aliphatic carbocycles. The zero-order valence-electron chi connectivity index (χ0n) is 21.6. The molecule has 0 aromatic rings. The minimum absolute atomic E-state index is 0.00158. The molecule has 8 nitrogen and oxygen atoms in total. The fourth-order valence-electron chi connectivity index (χ4n) is 8.34. The summed E-state index contributed by atoms with van der Waals surface area (Å²) in [5.41, 5.74) is -6.29. The number of carbonyl (C=O) groups excluding carboxylic acids is 5. The zero-order valence-corrected chi connectivity index (χ0v) is 21.6. The number of rotatable bonds is 2. The van der Waals surface area contributed by atoms with E-state index in [2.05, 4.69) is 6.58 Å². The van der Waals surface area contributed by atoms with Gasteiger partial charge in [-0.25, -0.2) is 4.79 Å². The maximum atomic E-state index is 13.9. The van der Waals surface area contributed by atoms with E-state index in [1.54, 1.807) is 34.6 Å². The molecule has 8 atom stereocenters. The topological polar surface area (TPSA) is 124 Å². The van der Waals surface area contributed by atoms with Crippen LogP contribution in [0.2, 0.25) is 0 Å². The third kappa shape index (κ3) is 2.80. The first kappa shape index (κ1) is 25.7. The lowest BCUT2D eigenvalue weighted by Gasteiger charge is -2.68. The molecule has 1 saturated heterocycles. The maximum Gasteiger partial charge on any atom is 0.358 e. The maximum absolute atomic E-state index is 13.9. The van der Waals surface area contributed by atoms with Crippen LogP contribution in [-0.2, 0) is 33.4 Å². The Morgan fingerprint density at radius 1 is 1.09 bits per heavy atom. The van der Waals surface area contributed by atoms with E-state index in [0.29, 0.717) is 12.0 Å². The molecule has 1 heterocycles. The number of hydrogen-bond donors (Lipinski definition) is 1. The van der Waals surface area contributed by atoms with Crippen LogP contribution in [0.25, 0.3) is 0 Å². The van der Waals surface area contributed by atoms with Gasteiger partial charge in [-0.1, -0.05) is 39.8 Å². The molecule has 35 heavy (non-hydrogen) atoms. The minimum atomic E-state index is -2.15. The molecule has 0 unspecified atom stereocenters. The number of fused-ring (bicyclic) bond motifs is 5. The van der Waals surface area contributed by atoms with Gasteiger partial charge in [0.2, 0.25) is 0 Å². The number of aliphatic hydroxyl groups is 1. The van der Waals surface area contributed by atoms with E-state index in [9.17, 15) is 29.1 Å². The van der Waals surface area contributed by atoms with Crippen molar-refractivity contribution in [2.75, 3.05) is 6.61 Å². The molecule has 4 aliphatic rings. The number of esters is 2. The summed E-state index contributed by atoms with van der Waals surface area (Å²) in [6.07, 6.45) is -0.614. The zero-order chi connectivity index (χ0) is 26.5. The smallest absolute Gasteiger partial charge is 0.358 e. The molecule has 0 bridgehead atoms. The average Bonchev–Trinajstić information content (AvgIpc) is 2.76. The van der Waals surface area contributed by atoms with Crippen molar-refractivity contribution < 1.29 is 38.6 Å². The molecule has 0 radical (unpaired) electrons. The lowest BCUT2D eigenvalue weighted by Crippen LogP contribution is -2.76. The fraction of sp³-hybridized carbons (Fsp3) is 0.741. The van der Waals surface area contributed by atoms with E-state index in [4.69, 9.17) is 9.47 Å². The number of cyclic esters (lactones) is 1. The molecule has 8 heteroatoms. The van der Waals surface area contributed by atoms with Crippen molar-refractivity contribution >= 4 is 29.3 Å². The van der Waals surface area contributed by atoms with Crippen LogP contribution in [0.5, 0.6) is 0 Å². The Kier molecular flexibility index (Phi) is 5.40. The Hall–Kier alpha value is -2.35. The number of ether oxygens (including phenoxy) is 2. The van der Waals surface area contributed by atoms with Crippen LogP contribution in [0.15, 0.2) is 12.2 Å². The second kappa shape index (κ2) is 7.34. The van der Waals surface area contributed by atoms with Crippen molar-refractivity contribution in [2.24, 2.45) is 39.4 Å². The highest BCUT2D eigenvalue weighted by Gasteiger charge is 2.77. The fourth-order valence-corrected chi connectivity index (χ4v) is 8.34. The molecule has 0 aromatic carbocycles. The quantitative estimate of drug-likeness (QED) is 0.357. The minimum Gasteiger partial charge on any atom is -0.463 e. The number of Topliss-reactive ketones (excluding diaryl/α,β-unsaturated/α-hetero) is 3. The van der Waals surface area contributed by atoms with E-state index in [0.717, 1.165) is 0 Å². The predicted molar refractivity (Wildman–Crippen MR) is 124 cm³/mol. The van der Waals surface area contributed by atoms with Crippen molar-refractivity contribution in [1.29, 1.82) is 0 Å². The van der Waals surface area contributed by atoms with Crippen molar-refractivity contribution in [2.45, 2.75) is 79.4 Å². The van der Waals surface area contributed by atoms with E-state index in [1.165, 1.54) is 6.92 Å². The number of aliphatic hydroxyl groups excluding tert-OH is 1. The van der Waals surface area contributed by atoms with Crippen LogP contribution in [0.3, 0.4) is 0 Å². The van der Waals surface area contributed by atoms with Crippen LogP contribution < -0.4 is 0 Å². The lowest BCUT2D eigenvalue weighted by molar-refractivity contribution is -0.237. The SMILES string of the molecule is C=C1C[C@H]2[C@]3(C)CCC(=O)C(C)(C)[C@H]3C(=O)[C@@H](O)[C@]2(C)[C@H]2C(=O)O[C@](C)(C(=O)OCC)C(=O)[C@]12C. The molecular weight excluding hydrogens is 452 g/mol. The van der Waals surface area contributed by atoms with Crippen LogP contribution in [0.4, 0.5) is 0 Å². The van der Waals surface area contributed by atoms with Gasteiger partial charge in [0.05, 0.1) is 17.9 Å². The van der Waals surface area contributed by atoms with Crippen molar-refractivity contribution in [3.05, 3.63) is 12.2 Å². The van der Waals surface area contributed by atoms with Crippen LogP contribution in [-0.4, -0.2) is 52.7 Å². The molecular formula is C27H36O8. The molecule has 1 N–H and O–H groups in total. The first-order valence-electron chi connectivity index (χ1n) is 12.3. The van der Waals surface area contributed by atoms with Gasteiger partial charge in [-0.3, -0.25) is 19.2 Å². The Balaban J connectivity index is 1.90. The van der Waals surface area contributed by atoms with E-state index >= 15 is 0 Å². The van der Waals surface area contributed by atoms with Gasteiger partial charge >= 0.3 is 11.9 Å². The van der Waals surface area contributed by atoms with Crippen molar-refractivity contribution in [1.82, 2.24) is 0 Å². The molecule has 192 valence electrons. The van der Waals surface area contributed by atoms with Crippen LogP contribution in [0.1, 0.15) is 67.7 Å². The first-order chi connectivity index (χ1) is 16.0. The molecule has 0 amide bonds. The molecule has 0 spiro atoms. The Labute approximate surface area is 205 Å². The Morgan fingerprint density at radius 2 is 1.69 bits per heavy atom. The van der Waals surface area contributed by atoms with Gasteiger partial charge in [-0.05, 0) is 44.9 Å². The summed E-state index contributed by atoms with van der Waals surface area (Å²) in [7, 11) is 0. The van der Waals surface area contributed by atoms with Gasteiger partial charge in [-0.15, -0.1) is 0 Å². The Bertz CT molecular complexity index is 1070. The summed E-state index contributed by atoms with van der Waals surface area (Å²) in [6, 6.07) is 0. The summed E-state index contributed by atoms with van der Waals surface area (Å²) in [6.45, 7) is 15.7. The highest BCUT2D eigenvalue weighted by Crippen LogP contribution is 2.71.